The third-order valence-corrected chi connectivity index (χ3v) is 1.36. The first-order chi connectivity index (χ1) is 4.66. The SMILES string of the molecule is C=C/C(C)=C\CCC(=C)C. The lowest BCUT2D eigenvalue weighted by atomic mass is 10.1. The van der Waals surface area contributed by atoms with Crippen LogP contribution >= 0.6 is 0 Å². The molecular weight excluding hydrogens is 120 g/mol. The molecule has 0 aromatic rings. The fourth-order valence-electron chi connectivity index (χ4n) is 0.630. The molecule has 56 valence electrons. The Hall–Kier alpha value is -0.780. The van der Waals surface area contributed by atoms with Crippen molar-refractivity contribution in [3.05, 3.63) is 36.5 Å². The first-order valence-corrected chi connectivity index (χ1v) is 3.60. The van der Waals surface area contributed by atoms with Crippen molar-refractivity contribution in [3.8, 4) is 0 Å². The second kappa shape index (κ2) is 5.04. The van der Waals surface area contributed by atoms with E-state index in [0.29, 0.717) is 0 Å². The summed E-state index contributed by atoms with van der Waals surface area (Å²) < 4.78 is 0. The van der Waals surface area contributed by atoms with E-state index in [9.17, 15) is 0 Å². The molecule has 0 aliphatic rings. The zero-order valence-corrected chi connectivity index (χ0v) is 6.98. The summed E-state index contributed by atoms with van der Waals surface area (Å²) in [6.07, 6.45) is 6.23. The van der Waals surface area contributed by atoms with E-state index < -0.39 is 0 Å². The number of hydrogen-bond acceptors (Lipinski definition) is 0. The largest absolute Gasteiger partial charge is 0.100 e. The lowest BCUT2D eigenvalue weighted by Crippen LogP contribution is -1.73. The first kappa shape index (κ1) is 9.22. The normalized spacial score (nSPS) is 11.2. The molecular formula is C10H16. The molecule has 0 aliphatic carbocycles. The number of rotatable bonds is 4. The lowest BCUT2D eigenvalue weighted by molar-refractivity contribution is 0.977. The molecule has 0 aromatic heterocycles. The Morgan fingerprint density at radius 3 is 2.40 bits per heavy atom. The molecule has 10 heavy (non-hydrogen) atoms. The van der Waals surface area contributed by atoms with Gasteiger partial charge in [-0.2, -0.15) is 0 Å². The Bertz CT molecular complexity index is 149. The molecule has 0 rings (SSSR count). The summed E-state index contributed by atoms with van der Waals surface area (Å²) in [5.74, 6) is 0. The fraction of sp³-hybridized carbons (Fsp3) is 0.400. The van der Waals surface area contributed by atoms with Gasteiger partial charge in [-0.15, -0.1) is 6.58 Å². The minimum Gasteiger partial charge on any atom is -0.100 e. The minimum absolute atomic E-state index is 1.09. The van der Waals surface area contributed by atoms with Gasteiger partial charge in [0.05, 0.1) is 0 Å². The average molecular weight is 136 g/mol. The summed E-state index contributed by atoms with van der Waals surface area (Å²) in [5, 5.41) is 0. The highest BCUT2D eigenvalue weighted by Crippen LogP contribution is 2.04. The molecule has 0 spiro atoms. The van der Waals surface area contributed by atoms with Crippen molar-refractivity contribution in [2.75, 3.05) is 0 Å². The second-order valence-electron chi connectivity index (χ2n) is 2.65. The predicted molar refractivity (Wildman–Crippen MR) is 48.0 cm³/mol. The minimum atomic E-state index is 1.09. The predicted octanol–water partition coefficient (Wildman–Crippen LogP) is 3.48. The highest BCUT2D eigenvalue weighted by molar-refractivity contribution is 5.12. The van der Waals surface area contributed by atoms with Crippen LogP contribution in [0.1, 0.15) is 26.7 Å². The van der Waals surface area contributed by atoms with Crippen LogP contribution in [0.4, 0.5) is 0 Å². The van der Waals surface area contributed by atoms with Gasteiger partial charge in [-0.1, -0.05) is 29.9 Å². The van der Waals surface area contributed by atoms with Crippen LogP contribution in [0, 0.1) is 0 Å². The Morgan fingerprint density at radius 1 is 1.40 bits per heavy atom. The van der Waals surface area contributed by atoms with Crippen LogP contribution in [-0.2, 0) is 0 Å². The maximum absolute atomic E-state index is 3.82. The molecule has 0 heteroatoms. The van der Waals surface area contributed by atoms with Gasteiger partial charge in [0, 0.05) is 0 Å². The first-order valence-electron chi connectivity index (χ1n) is 3.60. The van der Waals surface area contributed by atoms with Gasteiger partial charge in [0.15, 0.2) is 0 Å². The van der Waals surface area contributed by atoms with Crippen molar-refractivity contribution in [3.63, 3.8) is 0 Å². The van der Waals surface area contributed by atoms with Crippen molar-refractivity contribution < 1.29 is 0 Å². The van der Waals surface area contributed by atoms with Crippen LogP contribution in [0.25, 0.3) is 0 Å². The smallest absolute Gasteiger partial charge is 0.0291 e. The van der Waals surface area contributed by atoms with Crippen molar-refractivity contribution in [2.45, 2.75) is 26.7 Å². The molecule has 0 saturated carbocycles. The van der Waals surface area contributed by atoms with E-state index in [2.05, 4.69) is 33.1 Å². The van der Waals surface area contributed by atoms with E-state index in [-0.39, 0.29) is 0 Å². The number of allylic oxidation sites excluding steroid dienone is 4. The Kier molecular flexibility index (Phi) is 4.65. The van der Waals surface area contributed by atoms with Gasteiger partial charge in [0.2, 0.25) is 0 Å². The van der Waals surface area contributed by atoms with E-state index in [4.69, 9.17) is 0 Å². The lowest BCUT2D eigenvalue weighted by Gasteiger charge is -1.93. The highest BCUT2D eigenvalue weighted by Gasteiger charge is 1.83. The standard InChI is InChI=1S/C10H16/c1-5-10(4)8-6-7-9(2)3/h5,8H,1-2,6-7H2,3-4H3/b10-8-. The van der Waals surface area contributed by atoms with Crippen LogP contribution in [0.5, 0.6) is 0 Å². The third-order valence-electron chi connectivity index (χ3n) is 1.36. The summed E-state index contributed by atoms with van der Waals surface area (Å²) in [5.41, 5.74) is 2.49. The van der Waals surface area contributed by atoms with Crippen molar-refractivity contribution >= 4 is 0 Å². The van der Waals surface area contributed by atoms with E-state index in [0.717, 1.165) is 12.8 Å². The van der Waals surface area contributed by atoms with Crippen LogP contribution < -0.4 is 0 Å². The van der Waals surface area contributed by atoms with Gasteiger partial charge in [-0.05, 0) is 26.7 Å². The molecule has 0 amide bonds. The summed E-state index contributed by atoms with van der Waals surface area (Å²) in [6, 6.07) is 0. The molecule has 0 atom stereocenters. The zero-order valence-electron chi connectivity index (χ0n) is 6.98. The number of hydrogen-bond donors (Lipinski definition) is 0. The van der Waals surface area contributed by atoms with Gasteiger partial charge in [-0.25, -0.2) is 0 Å². The van der Waals surface area contributed by atoms with Gasteiger partial charge in [0.1, 0.15) is 0 Å². The molecule has 0 heterocycles. The Balaban J connectivity index is 3.52. The van der Waals surface area contributed by atoms with Gasteiger partial charge < -0.3 is 0 Å². The summed E-state index contributed by atoms with van der Waals surface area (Å²) in [4.78, 5) is 0. The van der Waals surface area contributed by atoms with E-state index >= 15 is 0 Å². The van der Waals surface area contributed by atoms with Crippen LogP contribution in [0.2, 0.25) is 0 Å². The maximum Gasteiger partial charge on any atom is -0.0291 e. The molecule has 0 unspecified atom stereocenters. The Labute approximate surface area is 64.0 Å². The quantitative estimate of drug-likeness (QED) is 0.410. The molecule has 0 N–H and O–H groups in total. The molecule has 0 nitrogen and oxygen atoms in total. The molecule has 0 radical (unpaired) electrons. The van der Waals surface area contributed by atoms with Gasteiger partial charge in [0.25, 0.3) is 0 Å². The molecule has 0 saturated heterocycles. The average Bonchev–Trinajstić information content (AvgIpc) is 1.87. The Morgan fingerprint density at radius 2 is 2.00 bits per heavy atom. The molecule has 0 aromatic carbocycles. The monoisotopic (exact) mass is 136 g/mol. The molecule has 0 fully saturated rings. The van der Waals surface area contributed by atoms with Crippen LogP contribution in [-0.4, -0.2) is 0 Å². The van der Waals surface area contributed by atoms with Crippen molar-refractivity contribution in [1.29, 1.82) is 0 Å². The van der Waals surface area contributed by atoms with Crippen LogP contribution in [0.15, 0.2) is 36.5 Å². The zero-order chi connectivity index (χ0) is 7.98. The highest BCUT2D eigenvalue weighted by atomic mass is 13.9. The summed E-state index contributed by atoms with van der Waals surface area (Å²) in [7, 11) is 0. The molecule has 0 bridgehead atoms. The fourth-order valence-corrected chi connectivity index (χ4v) is 0.630. The van der Waals surface area contributed by atoms with E-state index in [1.807, 2.05) is 6.08 Å². The van der Waals surface area contributed by atoms with E-state index in [1.54, 1.807) is 0 Å². The van der Waals surface area contributed by atoms with Gasteiger partial charge >= 0.3 is 0 Å². The third kappa shape index (κ3) is 5.36. The summed E-state index contributed by atoms with van der Waals surface area (Å²) >= 11 is 0. The maximum atomic E-state index is 3.82. The topological polar surface area (TPSA) is 0 Å². The van der Waals surface area contributed by atoms with Crippen LogP contribution in [0.3, 0.4) is 0 Å². The van der Waals surface area contributed by atoms with Crippen molar-refractivity contribution in [1.82, 2.24) is 0 Å². The molecule has 0 aliphatic heterocycles. The summed E-state index contributed by atoms with van der Waals surface area (Å²) in [6.45, 7) is 11.6. The second-order valence-corrected chi connectivity index (χ2v) is 2.65. The van der Waals surface area contributed by atoms with Crippen molar-refractivity contribution in [2.24, 2.45) is 0 Å². The van der Waals surface area contributed by atoms with Gasteiger partial charge in [-0.3, -0.25) is 0 Å². The van der Waals surface area contributed by atoms with E-state index in [1.165, 1.54) is 11.1 Å².